The molecule has 1 heterocycles. The summed E-state index contributed by atoms with van der Waals surface area (Å²) in [6.45, 7) is 0. The Hall–Kier alpha value is -2.20. The van der Waals surface area contributed by atoms with Gasteiger partial charge in [-0.1, -0.05) is 0 Å². The van der Waals surface area contributed by atoms with Gasteiger partial charge in [0.25, 0.3) is 6.43 Å². The molecule has 0 aliphatic heterocycles. The molecule has 0 saturated heterocycles. The average Bonchev–Trinajstić information content (AvgIpc) is 2.25. The van der Waals surface area contributed by atoms with Crippen molar-refractivity contribution in [2.24, 2.45) is 0 Å². The zero-order valence-corrected chi connectivity index (χ0v) is 9.07. The smallest absolute Gasteiger partial charge is 0.489 e. The lowest BCUT2D eigenvalue weighted by molar-refractivity contribution is -0.391. The zero-order chi connectivity index (χ0) is 14.8. The first-order valence-electron chi connectivity index (χ1n) is 4.43. The fourth-order valence-corrected chi connectivity index (χ4v) is 1.18. The predicted molar refractivity (Wildman–Crippen MR) is 49.1 cm³/mol. The van der Waals surface area contributed by atoms with Gasteiger partial charge >= 0.3 is 18.1 Å². The number of hydrogen-bond donors (Lipinski definition) is 0. The van der Waals surface area contributed by atoms with Gasteiger partial charge in [0.15, 0.2) is 0 Å². The fraction of sp³-hybridized carbons (Fsp3) is 0.375. The van der Waals surface area contributed by atoms with E-state index in [-0.39, 0.29) is 6.07 Å². The third-order valence-electron chi connectivity index (χ3n) is 1.79. The number of ether oxygens (including phenoxy) is 2. The summed E-state index contributed by atoms with van der Waals surface area (Å²) in [5.41, 5.74) is -1.12. The van der Waals surface area contributed by atoms with Crippen LogP contribution in [0.3, 0.4) is 0 Å². The Labute approximate surface area is 101 Å². The summed E-state index contributed by atoms with van der Waals surface area (Å²) in [7, 11) is 0.847. The van der Waals surface area contributed by atoms with Crippen LogP contribution in [0.5, 0.6) is 11.6 Å². The van der Waals surface area contributed by atoms with Gasteiger partial charge in [0.2, 0.25) is 5.75 Å². The first-order valence-corrected chi connectivity index (χ1v) is 4.43. The monoisotopic (exact) mass is 288 g/mol. The first-order chi connectivity index (χ1) is 8.65. The van der Waals surface area contributed by atoms with Crippen LogP contribution in [-0.2, 0) is 0 Å². The highest BCUT2D eigenvalue weighted by atomic mass is 19.4. The number of nitrogens with zero attached hydrogens (tertiary/aromatic N) is 2. The molecule has 0 radical (unpaired) electrons. The summed E-state index contributed by atoms with van der Waals surface area (Å²) in [6.07, 6.45) is -8.51. The van der Waals surface area contributed by atoms with E-state index in [1.54, 1.807) is 0 Å². The Morgan fingerprint density at radius 1 is 1.42 bits per heavy atom. The molecule has 0 aliphatic rings. The third-order valence-corrected chi connectivity index (χ3v) is 1.79. The van der Waals surface area contributed by atoms with Crippen LogP contribution in [0, 0.1) is 10.1 Å². The van der Waals surface area contributed by atoms with Crippen LogP contribution in [0.4, 0.5) is 27.8 Å². The van der Waals surface area contributed by atoms with E-state index in [1.165, 1.54) is 0 Å². The van der Waals surface area contributed by atoms with E-state index in [9.17, 15) is 32.1 Å². The van der Waals surface area contributed by atoms with Gasteiger partial charge in [-0.15, -0.1) is 13.2 Å². The summed E-state index contributed by atoms with van der Waals surface area (Å²) in [5, 5.41) is 10.6. The van der Waals surface area contributed by atoms with Crippen molar-refractivity contribution < 1.29 is 36.3 Å². The molecule has 1 rings (SSSR count). The van der Waals surface area contributed by atoms with Crippen molar-refractivity contribution in [3.05, 3.63) is 21.7 Å². The van der Waals surface area contributed by atoms with Gasteiger partial charge in [0.1, 0.15) is 0 Å². The lowest BCUT2D eigenvalue weighted by Crippen LogP contribution is -2.18. The Morgan fingerprint density at radius 2 is 2.00 bits per heavy atom. The maximum atomic E-state index is 12.6. The van der Waals surface area contributed by atoms with Gasteiger partial charge in [-0.05, 0) is 4.92 Å². The molecule has 1 aromatic heterocycles. The number of hydrogen-bond acceptors (Lipinski definition) is 5. The third kappa shape index (κ3) is 3.63. The number of aromatic nitrogens is 1. The molecule has 19 heavy (non-hydrogen) atoms. The molecule has 106 valence electrons. The molecular formula is C8H5F5N2O4. The van der Waals surface area contributed by atoms with Gasteiger partial charge < -0.3 is 19.6 Å². The van der Waals surface area contributed by atoms with Crippen molar-refractivity contribution in [2.75, 3.05) is 7.11 Å². The maximum absolute atomic E-state index is 12.6. The molecule has 0 N–H and O–H groups in total. The van der Waals surface area contributed by atoms with E-state index in [0.717, 1.165) is 7.11 Å². The van der Waals surface area contributed by atoms with Crippen molar-refractivity contribution in [1.82, 2.24) is 4.98 Å². The summed E-state index contributed by atoms with van der Waals surface area (Å²) in [4.78, 5) is 12.2. The van der Waals surface area contributed by atoms with Crippen molar-refractivity contribution in [3.63, 3.8) is 0 Å². The fourth-order valence-electron chi connectivity index (χ4n) is 1.18. The molecule has 0 amide bonds. The van der Waals surface area contributed by atoms with E-state index in [1.807, 2.05) is 0 Å². The molecule has 0 aliphatic carbocycles. The Morgan fingerprint density at radius 3 is 2.37 bits per heavy atom. The molecule has 0 bridgehead atoms. The SMILES string of the molecule is COc1c(C(F)F)cc(OC(F)(F)F)nc1[N+](=O)[O-]. The van der Waals surface area contributed by atoms with Crippen LogP contribution in [0.15, 0.2) is 6.07 Å². The van der Waals surface area contributed by atoms with Crippen molar-refractivity contribution in [1.29, 1.82) is 0 Å². The number of pyridine rings is 1. The van der Waals surface area contributed by atoms with Crippen LogP contribution >= 0.6 is 0 Å². The Balaban J connectivity index is 3.41. The molecule has 0 aromatic carbocycles. The topological polar surface area (TPSA) is 74.5 Å². The standard InChI is InChI=1S/C8H5F5N2O4/c1-18-5-3(6(9)10)2-4(19-8(11,12)13)14-7(5)15(16)17/h2,6H,1H3. The largest absolute Gasteiger partial charge is 0.575 e. The van der Waals surface area contributed by atoms with E-state index in [0.29, 0.717) is 0 Å². The number of nitro groups is 1. The summed E-state index contributed by atoms with van der Waals surface area (Å²) in [5.74, 6) is -3.58. The lowest BCUT2D eigenvalue weighted by Gasteiger charge is -2.10. The van der Waals surface area contributed by atoms with Crippen LogP contribution in [0.2, 0.25) is 0 Å². The van der Waals surface area contributed by atoms with Crippen molar-refractivity contribution >= 4 is 5.82 Å². The van der Waals surface area contributed by atoms with Gasteiger partial charge in [0, 0.05) is 11.1 Å². The maximum Gasteiger partial charge on any atom is 0.575 e. The second-order valence-electron chi connectivity index (χ2n) is 3.01. The minimum absolute atomic E-state index is 0.226. The van der Waals surface area contributed by atoms with Gasteiger partial charge in [-0.25, -0.2) is 8.78 Å². The summed E-state index contributed by atoms with van der Waals surface area (Å²) < 4.78 is 68.7. The summed E-state index contributed by atoms with van der Waals surface area (Å²) >= 11 is 0. The van der Waals surface area contributed by atoms with Crippen LogP contribution < -0.4 is 9.47 Å². The minimum atomic E-state index is -5.21. The van der Waals surface area contributed by atoms with E-state index in [4.69, 9.17) is 0 Å². The molecule has 0 unspecified atom stereocenters. The second kappa shape index (κ2) is 5.20. The molecule has 0 atom stereocenters. The van der Waals surface area contributed by atoms with Crippen molar-refractivity contribution in [3.8, 4) is 11.6 Å². The highest BCUT2D eigenvalue weighted by Crippen LogP contribution is 2.38. The highest BCUT2D eigenvalue weighted by Gasteiger charge is 2.36. The molecule has 0 fully saturated rings. The van der Waals surface area contributed by atoms with E-state index in [2.05, 4.69) is 14.5 Å². The predicted octanol–water partition coefficient (Wildman–Crippen LogP) is 2.83. The average molecular weight is 288 g/mol. The molecule has 6 nitrogen and oxygen atoms in total. The molecule has 0 saturated carbocycles. The molecule has 1 aromatic rings. The quantitative estimate of drug-likeness (QED) is 0.484. The molecular weight excluding hydrogens is 283 g/mol. The normalized spacial score (nSPS) is 11.5. The van der Waals surface area contributed by atoms with Crippen LogP contribution in [-0.4, -0.2) is 23.4 Å². The van der Waals surface area contributed by atoms with Crippen LogP contribution in [0.25, 0.3) is 0 Å². The van der Waals surface area contributed by atoms with Crippen molar-refractivity contribution in [2.45, 2.75) is 12.8 Å². The Kier molecular flexibility index (Phi) is 4.07. The molecule has 11 heteroatoms. The number of rotatable bonds is 4. The number of alkyl halides is 5. The molecule has 0 spiro atoms. The van der Waals surface area contributed by atoms with Crippen LogP contribution in [0.1, 0.15) is 12.0 Å². The zero-order valence-electron chi connectivity index (χ0n) is 9.07. The highest BCUT2D eigenvalue weighted by molar-refractivity contribution is 5.49. The Bertz CT molecular complexity index is 491. The van der Waals surface area contributed by atoms with E-state index < -0.39 is 40.7 Å². The van der Waals surface area contributed by atoms with Gasteiger partial charge in [-0.2, -0.15) is 0 Å². The summed E-state index contributed by atoms with van der Waals surface area (Å²) in [6, 6.07) is 0.226. The lowest BCUT2D eigenvalue weighted by atomic mass is 10.2. The number of methoxy groups -OCH3 is 1. The van der Waals surface area contributed by atoms with E-state index >= 15 is 0 Å². The number of halogens is 5. The first kappa shape index (κ1) is 14.9. The van der Waals surface area contributed by atoms with Gasteiger partial charge in [0.05, 0.1) is 12.7 Å². The minimum Gasteiger partial charge on any atom is -0.489 e. The van der Waals surface area contributed by atoms with Gasteiger partial charge in [-0.3, -0.25) is 0 Å². The second-order valence-corrected chi connectivity index (χ2v) is 3.01.